The highest BCUT2D eigenvalue weighted by atomic mass is 32.2. The maximum atomic E-state index is 13.0. The fourth-order valence-corrected chi connectivity index (χ4v) is 3.76. The molecule has 0 aliphatic carbocycles. The number of aryl methyl sites for hydroxylation is 1. The van der Waals surface area contributed by atoms with Crippen LogP contribution in [0.3, 0.4) is 0 Å². The molecule has 2 atom stereocenters. The molecule has 0 fully saturated rings. The molecule has 3 aromatic rings. The first-order chi connectivity index (χ1) is 13.1. The number of hydrogen-bond acceptors (Lipinski definition) is 6. The van der Waals surface area contributed by atoms with Gasteiger partial charge < -0.3 is 4.55 Å². The number of fused-ring (bicyclic) bond motifs is 1. The maximum absolute atomic E-state index is 13.0. The van der Waals surface area contributed by atoms with Crippen molar-refractivity contribution in [2.24, 2.45) is 7.05 Å². The zero-order valence-corrected chi connectivity index (χ0v) is 17.8. The molecule has 1 N–H and O–H groups in total. The summed E-state index contributed by atoms with van der Waals surface area (Å²) in [6.07, 6.45) is 4.70. The first-order valence-electron chi connectivity index (χ1n) is 9.04. The molecule has 0 unspecified atom stereocenters. The number of aromatic nitrogens is 4. The van der Waals surface area contributed by atoms with E-state index in [0.29, 0.717) is 22.3 Å². The molecule has 0 amide bonds. The van der Waals surface area contributed by atoms with Gasteiger partial charge in [-0.25, -0.2) is 15.0 Å². The van der Waals surface area contributed by atoms with Crippen molar-refractivity contribution in [2.45, 2.75) is 45.4 Å². The SMILES string of the molecule is Cc1cc([C@@H](C)N[S@+]([O-])C(C)(C)C)c2nc(-c3cncnc3)n(C)c(=O)c2c1. The van der Waals surface area contributed by atoms with Crippen LogP contribution in [-0.2, 0) is 18.4 Å². The molecule has 0 radical (unpaired) electrons. The van der Waals surface area contributed by atoms with Crippen molar-refractivity contribution in [3.63, 3.8) is 0 Å². The number of hydrogen-bond donors (Lipinski definition) is 1. The van der Waals surface area contributed by atoms with E-state index in [4.69, 9.17) is 4.98 Å². The van der Waals surface area contributed by atoms with Gasteiger partial charge in [0.15, 0.2) is 0 Å². The summed E-state index contributed by atoms with van der Waals surface area (Å²) in [4.78, 5) is 25.9. The smallest absolute Gasteiger partial charge is 0.261 e. The molecule has 0 aliphatic rings. The topological polar surface area (TPSA) is 95.8 Å². The Morgan fingerprint density at radius 1 is 1.21 bits per heavy atom. The Kier molecular flexibility index (Phi) is 5.56. The molecule has 0 spiro atoms. The molecule has 8 heteroatoms. The van der Waals surface area contributed by atoms with Gasteiger partial charge in [0.25, 0.3) is 5.56 Å². The Hall–Kier alpha value is -2.29. The Labute approximate surface area is 167 Å². The summed E-state index contributed by atoms with van der Waals surface area (Å²) in [7, 11) is 1.69. The van der Waals surface area contributed by atoms with E-state index in [-0.39, 0.29) is 11.6 Å². The van der Waals surface area contributed by atoms with Crippen molar-refractivity contribution in [3.8, 4) is 11.4 Å². The van der Waals surface area contributed by atoms with Crippen molar-refractivity contribution in [3.05, 3.63) is 52.3 Å². The summed E-state index contributed by atoms with van der Waals surface area (Å²) in [6, 6.07) is 3.58. The normalized spacial score (nSPS) is 14.2. The molecule has 7 nitrogen and oxygen atoms in total. The Balaban J connectivity index is 2.21. The summed E-state index contributed by atoms with van der Waals surface area (Å²) in [5, 5.41) is 0.535. The second kappa shape index (κ2) is 7.62. The largest absolute Gasteiger partial charge is 0.598 e. The molecule has 148 valence electrons. The fourth-order valence-electron chi connectivity index (χ4n) is 2.96. The summed E-state index contributed by atoms with van der Waals surface area (Å²) in [6.45, 7) is 9.62. The first-order valence-corrected chi connectivity index (χ1v) is 10.2. The van der Waals surface area contributed by atoms with E-state index in [1.165, 1.54) is 10.9 Å². The zero-order valence-electron chi connectivity index (χ0n) is 17.0. The van der Waals surface area contributed by atoms with E-state index in [0.717, 1.165) is 11.1 Å². The Bertz CT molecular complexity index is 1060. The maximum Gasteiger partial charge on any atom is 0.261 e. The molecule has 28 heavy (non-hydrogen) atoms. The van der Waals surface area contributed by atoms with E-state index < -0.39 is 16.1 Å². The highest BCUT2D eigenvalue weighted by Gasteiger charge is 2.29. The Morgan fingerprint density at radius 3 is 2.46 bits per heavy atom. The molecule has 3 rings (SSSR count). The van der Waals surface area contributed by atoms with E-state index in [9.17, 15) is 9.35 Å². The van der Waals surface area contributed by atoms with Gasteiger partial charge in [-0.2, -0.15) is 0 Å². The lowest BCUT2D eigenvalue weighted by Crippen LogP contribution is -2.40. The number of nitrogens with one attached hydrogen (secondary N) is 1. The quantitative estimate of drug-likeness (QED) is 0.678. The van der Waals surface area contributed by atoms with Crippen LogP contribution >= 0.6 is 0 Å². The van der Waals surface area contributed by atoms with E-state index in [2.05, 4.69) is 14.7 Å². The number of rotatable bonds is 4. The van der Waals surface area contributed by atoms with Crippen LogP contribution in [0, 0.1) is 6.92 Å². The second-order valence-electron chi connectivity index (χ2n) is 7.90. The molecular weight excluding hydrogens is 374 g/mol. The lowest BCUT2D eigenvalue weighted by molar-refractivity contribution is 0.531. The van der Waals surface area contributed by atoms with Crippen LogP contribution in [0.4, 0.5) is 0 Å². The van der Waals surface area contributed by atoms with Gasteiger partial charge in [-0.15, -0.1) is 4.72 Å². The van der Waals surface area contributed by atoms with Gasteiger partial charge in [0.2, 0.25) is 0 Å². The van der Waals surface area contributed by atoms with Crippen molar-refractivity contribution in [1.29, 1.82) is 0 Å². The van der Waals surface area contributed by atoms with Crippen molar-refractivity contribution < 1.29 is 4.55 Å². The summed E-state index contributed by atoms with van der Waals surface area (Å²) >= 11 is -1.25. The minimum atomic E-state index is -1.25. The van der Waals surface area contributed by atoms with Gasteiger partial charge in [0.05, 0.1) is 22.5 Å². The van der Waals surface area contributed by atoms with Gasteiger partial charge in [-0.1, -0.05) is 6.07 Å². The first kappa shape index (κ1) is 20.4. The van der Waals surface area contributed by atoms with Crippen LogP contribution in [-0.4, -0.2) is 28.8 Å². The van der Waals surface area contributed by atoms with Gasteiger partial charge >= 0.3 is 0 Å². The van der Waals surface area contributed by atoms with Crippen LogP contribution in [0.1, 0.15) is 44.9 Å². The summed E-state index contributed by atoms with van der Waals surface area (Å²) in [5.74, 6) is 0.493. The third-order valence-corrected chi connectivity index (χ3v) is 6.16. The third-order valence-electron chi connectivity index (χ3n) is 4.48. The van der Waals surface area contributed by atoms with Gasteiger partial charge in [-0.05, 0) is 46.2 Å². The van der Waals surface area contributed by atoms with Crippen LogP contribution in [0.15, 0.2) is 35.6 Å². The number of benzene rings is 1. The lowest BCUT2D eigenvalue weighted by Gasteiger charge is -2.27. The summed E-state index contributed by atoms with van der Waals surface area (Å²) in [5.41, 5.74) is 2.90. The van der Waals surface area contributed by atoms with Crippen LogP contribution in [0.25, 0.3) is 22.3 Å². The minimum Gasteiger partial charge on any atom is -0.598 e. The molecule has 2 aromatic heterocycles. The van der Waals surface area contributed by atoms with Gasteiger partial charge in [0.1, 0.15) is 16.9 Å². The minimum absolute atomic E-state index is 0.141. The van der Waals surface area contributed by atoms with Crippen LogP contribution in [0.5, 0.6) is 0 Å². The molecule has 2 heterocycles. The van der Waals surface area contributed by atoms with Crippen molar-refractivity contribution in [1.82, 2.24) is 24.2 Å². The van der Waals surface area contributed by atoms with Crippen molar-refractivity contribution >= 4 is 22.3 Å². The van der Waals surface area contributed by atoms with Crippen LogP contribution < -0.4 is 10.3 Å². The zero-order chi connectivity index (χ0) is 20.6. The van der Waals surface area contributed by atoms with Gasteiger partial charge in [-0.3, -0.25) is 9.36 Å². The van der Waals surface area contributed by atoms with E-state index in [1.54, 1.807) is 19.4 Å². The monoisotopic (exact) mass is 399 g/mol. The molecule has 0 saturated heterocycles. The molecule has 0 bridgehead atoms. The molecule has 1 aromatic carbocycles. The predicted molar refractivity (Wildman–Crippen MR) is 112 cm³/mol. The Morgan fingerprint density at radius 2 is 1.86 bits per heavy atom. The predicted octanol–water partition coefficient (Wildman–Crippen LogP) is 2.81. The van der Waals surface area contributed by atoms with E-state index >= 15 is 0 Å². The van der Waals surface area contributed by atoms with Gasteiger partial charge in [0, 0.05) is 36.4 Å². The van der Waals surface area contributed by atoms with E-state index in [1.807, 2.05) is 46.8 Å². The standard InChI is InChI=1S/C20H25N5O2S/c1-12-7-15(13(2)24-28(27)20(3,4)5)17-16(8-12)19(26)25(6)18(23-17)14-9-21-11-22-10-14/h7-11,13,24H,1-6H3/t13-,28-/m1/s1. The lowest BCUT2D eigenvalue weighted by atomic mass is 10.0. The molecule has 0 saturated carbocycles. The van der Waals surface area contributed by atoms with Crippen molar-refractivity contribution in [2.75, 3.05) is 0 Å². The number of nitrogens with zero attached hydrogens (tertiary/aromatic N) is 4. The highest BCUT2D eigenvalue weighted by molar-refractivity contribution is 7.90. The molecule has 0 aliphatic heterocycles. The average Bonchev–Trinajstić information content (AvgIpc) is 2.64. The summed E-state index contributed by atoms with van der Waals surface area (Å²) < 4.78 is 16.8. The second-order valence-corrected chi connectivity index (χ2v) is 9.90. The third kappa shape index (κ3) is 3.94. The van der Waals surface area contributed by atoms with Crippen LogP contribution in [0.2, 0.25) is 0 Å². The highest BCUT2D eigenvalue weighted by Crippen LogP contribution is 2.27. The molecular formula is C20H25N5O2S. The fraction of sp³-hybridized carbons (Fsp3) is 0.400. The average molecular weight is 400 g/mol.